The van der Waals surface area contributed by atoms with Gasteiger partial charge in [-0.3, -0.25) is 0 Å². The van der Waals surface area contributed by atoms with E-state index in [1.165, 1.54) is 18.5 Å². The number of hydrogen-bond acceptors (Lipinski definition) is 4. The van der Waals surface area contributed by atoms with Crippen molar-refractivity contribution in [1.29, 1.82) is 0 Å². The zero-order chi connectivity index (χ0) is 13.7. The largest absolute Gasteiger partial charge is 0.367 e. The molecule has 2 aliphatic carbocycles. The molecule has 0 saturated heterocycles. The van der Waals surface area contributed by atoms with Gasteiger partial charge in [0.25, 0.3) is 0 Å². The number of hydrogen-bond donors (Lipinski definition) is 2. The van der Waals surface area contributed by atoms with E-state index in [1.54, 1.807) is 0 Å². The maximum atomic E-state index is 5.87. The Kier molecular flexibility index (Phi) is 2.70. The summed E-state index contributed by atoms with van der Waals surface area (Å²) in [4.78, 5) is 4.76. The van der Waals surface area contributed by atoms with Crippen molar-refractivity contribution >= 4 is 11.5 Å². The first-order valence-corrected chi connectivity index (χ1v) is 7.57. The van der Waals surface area contributed by atoms with Crippen molar-refractivity contribution in [3.05, 3.63) is 24.0 Å². The Hall–Kier alpha value is -1.62. The van der Waals surface area contributed by atoms with Gasteiger partial charge in [0, 0.05) is 35.8 Å². The van der Waals surface area contributed by atoms with Gasteiger partial charge >= 0.3 is 0 Å². The highest BCUT2D eigenvalue weighted by molar-refractivity contribution is 5.50. The van der Waals surface area contributed by atoms with Crippen LogP contribution in [-0.2, 0) is 0 Å². The zero-order valence-electron chi connectivity index (χ0n) is 11.8. The van der Waals surface area contributed by atoms with Crippen LogP contribution in [0.5, 0.6) is 0 Å². The van der Waals surface area contributed by atoms with Crippen LogP contribution >= 0.6 is 0 Å². The molecule has 5 heteroatoms. The minimum atomic E-state index is 0.354. The lowest BCUT2D eigenvalue weighted by Crippen LogP contribution is -2.44. The number of nitrogens with zero attached hydrogens (tertiary/aromatic N) is 3. The number of aromatic nitrogens is 3. The zero-order valence-corrected chi connectivity index (χ0v) is 11.8. The Labute approximate surface area is 118 Å². The molecule has 4 rings (SSSR count). The highest BCUT2D eigenvalue weighted by Gasteiger charge is 2.31. The molecule has 0 aliphatic heterocycles. The molecule has 5 nitrogen and oxygen atoms in total. The molecule has 2 aromatic rings. The van der Waals surface area contributed by atoms with Crippen LogP contribution in [0.4, 0.5) is 5.82 Å². The minimum Gasteiger partial charge on any atom is -0.367 e. The van der Waals surface area contributed by atoms with Crippen LogP contribution in [0.2, 0.25) is 0 Å². The van der Waals surface area contributed by atoms with E-state index in [9.17, 15) is 0 Å². The molecule has 2 aromatic heterocycles. The summed E-state index contributed by atoms with van der Waals surface area (Å²) >= 11 is 0. The first-order valence-electron chi connectivity index (χ1n) is 7.57. The number of anilines is 1. The van der Waals surface area contributed by atoms with Gasteiger partial charge in [-0.05, 0) is 31.6 Å². The van der Waals surface area contributed by atoms with Gasteiger partial charge in [0.15, 0.2) is 5.65 Å². The van der Waals surface area contributed by atoms with E-state index in [0.717, 1.165) is 30.2 Å². The highest BCUT2D eigenvalue weighted by atomic mass is 15.3. The van der Waals surface area contributed by atoms with Crippen LogP contribution in [0.1, 0.15) is 44.2 Å². The maximum absolute atomic E-state index is 5.87. The maximum Gasteiger partial charge on any atom is 0.157 e. The summed E-state index contributed by atoms with van der Waals surface area (Å²) in [5.41, 5.74) is 7.98. The molecular formula is C15H21N5. The van der Waals surface area contributed by atoms with Gasteiger partial charge < -0.3 is 11.1 Å². The molecule has 0 aromatic carbocycles. The third-order valence-electron chi connectivity index (χ3n) is 4.70. The fourth-order valence-corrected chi connectivity index (χ4v) is 3.10. The topological polar surface area (TPSA) is 68.2 Å². The minimum absolute atomic E-state index is 0.354. The molecule has 0 radical (unpaired) electrons. The Morgan fingerprint density at radius 1 is 1.40 bits per heavy atom. The number of fused-ring (bicyclic) bond motifs is 1. The number of rotatable bonds is 4. The van der Waals surface area contributed by atoms with Crippen molar-refractivity contribution in [2.75, 3.05) is 5.32 Å². The van der Waals surface area contributed by atoms with Gasteiger partial charge in [0.1, 0.15) is 5.82 Å². The van der Waals surface area contributed by atoms with Crippen LogP contribution in [0.25, 0.3) is 5.65 Å². The van der Waals surface area contributed by atoms with Gasteiger partial charge in [-0.15, -0.1) is 0 Å². The smallest absolute Gasteiger partial charge is 0.157 e. The van der Waals surface area contributed by atoms with E-state index in [-0.39, 0.29) is 0 Å². The average Bonchev–Trinajstić information content (AvgIpc) is 3.14. The Morgan fingerprint density at radius 2 is 2.20 bits per heavy atom. The van der Waals surface area contributed by atoms with Crippen LogP contribution in [0, 0.1) is 5.92 Å². The first-order chi connectivity index (χ1) is 9.70. The first kappa shape index (κ1) is 12.1. The summed E-state index contributed by atoms with van der Waals surface area (Å²) < 4.78 is 1.90. The summed E-state index contributed by atoms with van der Waals surface area (Å²) in [5.74, 6) is 2.41. The van der Waals surface area contributed by atoms with Crippen molar-refractivity contribution in [2.45, 2.75) is 50.6 Å². The normalized spacial score (nSPS) is 27.3. The van der Waals surface area contributed by atoms with E-state index in [0.29, 0.717) is 18.0 Å². The summed E-state index contributed by atoms with van der Waals surface area (Å²) in [6, 6.07) is 4.98. The van der Waals surface area contributed by atoms with Crippen molar-refractivity contribution < 1.29 is 0 Å². The molecular weight excluding hydrogens is 250 g/mol. The molecule has 0 amide bonds. The summed E-state index contributed by atoms with van der Waals surface area (Å²) in [7, 11) is 0. The molecule has 20 heavy (non-hydrogen) atoms. The third kappa shape index (κ3) is 2.06. The summed E-state index contributed by atoms with van der Waals surface area (Å²) in [6.07, 6.45) is 6.57. The molecule has 2 saturated carbocycles. The predicted octanol–water partition coefficient (Wildman–Crippen LogP) is 2.14. The van der Waals surface area contributed by atoms with Crippen molar-refractivity contribution in [3.63, 3.8) is 0 Å². The second-order valence-corrected chi connectivity index (χ2v) is 6.37. The average molecular weight is 271 g/mol. The molecule has 106 valence electrons. The van der Waals surface area contributed by atoms with E-state index in [2.05, 4.69) is 23.4 Å². The van der Waals surface area contributed by atoms with Gasteiger partial charge in [0.2, 0.25) is 0 Å². The lowest BCUT2D eigenvalue weighted by atomic mass is 9.87. The number of nitrogens with two attached hydrogens (primary N) is 1. The van der Waals surface area contributed by atoms with Gasteiger partial charge in [-0.2, -0.15) is 9.61 Å². The van der Waals surface area contributed by atoms with Crippen LogP contribution in [0.3, 0.4) is 0 Å². The fourth-order valence-electron chi connectivity index (χ4n) is 3.10. The quantitative estimate of drug-likeness (QED) is 0.894. The lowest BCUT2D eigenvalue weighted by molar-refractivity contribution is 0.372. The molecule has 0 bridgehead atoms. The number of nitrogens with one attached hydrogen (secondary N) is 1. The van der Waals surface area contributed by atoms with Gasteiger partial charge in [0.05, 0.1) is 6.20 Å². The fraction of sp³-hybridized carbons (Fsp3) is 0.600. The summed E-state index contributed by atoms with van der Waals surface area (Å²) in [6.45, 7) is 2.29. The van der Waals surface area contributed by atoms with Crippen molar-refractivity contribution in [3.8, 4) is 0 Å². The lowest BCUT2D eigenvalue weighted by Gasteiger charge is -2.33. The standard InChI is InChI=1S/C15H21N5/c1-9(10-2-3-10)13-8-15(18-12-6-11(16)7-12)20-14(19-13)4-5-17-20/h4-5,8-12,18H,2-3,6-7,16H2,1H3/t9-,11-,12-/m0/s1. The Bertz CT molecular complexity index is 624. The highest BCUT2D eigenvalue weighted by Crippen LogP contribution is 2.42. The molecule has 0 spiro atoms. The second-order valence-electron chi connectivity index (χ2n) is 6.37. The van der Waals surface area contributed by atoms with Crippen LogP contribution < -0.4 is 11.1 Å². The molecule has 2 fully saturated rings. The van der Waals surface area contributed by atoms with Crippen molar-refractivity contribution in [1.82, 2.24) is 14.6 Å². The van der Waals surface area contributed by atoms with Crippen LogP contribution in [0.15, 0.2) is 18.3 Å². The monoisotopic (exact) mass is 271 g/mol. The molecule has 1 atom stereocenters. The van der Waals surface area contributed by atoms with Crippen molar-refractivity contribution in [2.24, 2.45) is 11.7 Å². The SMILES string of the molecule is C[C@H](c1cc(N[C@H]2C[C@H](N)C2)n2nccc2n1)C1CC1. The Morgan fingerprint density at radius 3 is 2.90 bits per heavy atom. The van der Waals surface area contributed by atoms with Crippen LogP contribution in [-0.4, -0.2) is 26.7 Å². The molecule has 3 N–H and O–H groups in total. The van der Waals surface area contributed by atoms with E-state index in [1.807, 2.05) is 16.8 Å². The van der Waals surface area contributed by atoms with E-state index in [4.69, 9.17) is 10.7 Å². The van der Waals surface area contributed by atoms with Gasteiger partial charge in [-0.1, -0.05) is 6.92 Å². The second kappa shape index (κ2) is 4.45. The van der Waals surface area contributed by atoms with E-state index >= 15 is 0 Å². The third-order valence-corrected chi connectivity index (χ3v) is 4.70. The predicted molar refractivity (Wildman–Crippen MR) is 78.7 cm³/mol. The van der Waals surface area contributed by atoms with Gasteiger partial charge in [-0.25, -0.2) is 4.98 Å². The Balaban J connectivity index is 1.67. The summed E-state index contributed by atoms with van der Waals surface area (Å²) in [5, 5.41) is 7.94. The molecule has 2 aliphatic rings. The molecule has 0 unspecified atom stereocenters. The van der Waals surface area contributed by atoms with E-state index < -0.39 is 0 Å². The molecule has 2 heterocycles.